The third-order valence-corrected chi connectivity index (χ3v) is 10.8. The predicted octanol–water partition coefficient (Wildman–Crippen LogP) is 7.80. The Labute approximate surface area is 186 Å². The quantitative estimate of drug-likeness (QED) is 0.457. The van der Waals surface area contributed by atoms with Crippen molar-refractivity contribution in [3.63, 3.8) is 0 Å². The normalized spacial score (nSPS) is 45.6. The van der Waals surface area contributed by atoms with Crippen molar-refractivity contribution in [2.75, 3.05) is 0 Å². The van der Waals surface area contributed by atoms with E-state index in [1.807, 2.05) is 0 Å². The van der Waals surface area contributed by atoms with E-state index in [0.29, 0.717) is 16.7 Å². The van der Waals surface area contributed by atoms with E-state index in [4.69, 9.17) is 0 Å². The summed E-state index contributed by atoms with van der Waals surface area (Å²) < 4.78 is 0. The first-order valence-corrected chi connectivity index (χ1v) is 13.3. The molecule has 4 rings (SSSR count). The first-order chi connectivity index (χ1) is 14.2. The van der Waals surface area contributed by atoms with E-state index in [0.717, 1.165) is 48.3 Å². The van der Waals surface area contributed by atoms with Crippen LogP contribution in [0.5, 0.6) is 0 Å². The molecule has 0 amide bonds. The lowest BCUT2D eigenvalue weighted by atomic mass is 9.47. The molecule has 0 saturated heterocycles. The molecule has 0 aliphatic heterocycles. The molecule has 3 fully saturated rings. The van der Waals surface area contributed by atoms with Gasteiger partial charge in [-0.15, -0.1) is 0 Å². The fraction of sp³-hybridized carbons (Fsp3) is 0.862. The minimum atomic E-state index is -0.0870. The molecule has 0 spiro atoms. The van der Waals surface area contributed by atoms with Crippen LogP contribution >= 0.6 is 0 Å². The smallest absolute Gasteiger partial charge is 0.0577 e. The second kappa shape index (κ2) is 8.42. The van der Waals surface area contributed by atoms with Gasteiger partial charge in [0.15, 0.2) is 0 Å². The van der Waals surface area contributed by atoms with Crippen molar-refractivity contribution in [1.82, 2.24) is 0 Å². The van der Waals surface area contributed by atoms with Crippen molar-refractivity contribution in [3.05, 3.63) is 23.8 Å². The van der Waals surface area contributed by atoms with Gasteiger partial charge in [0, 0.05) is 0 Å². The van der Waals surface area contributed by atoms with Gasteiger partial charge in [-0.1, -0.05) is 65.3 Å². The SMILES string of the molecule is CC[C@H](/C=C/[C@H](C)[C@H]1CC[C@@H]2[C@H]3CC=C4C[C@@H](O)CC[C@]4(C)[C@@H]3CC[C@@]21C)C(C)C. The summed E-state index contributed by atoms with van der Waals surface area (Å²) in [5, 5.41) is 10.2. The van der Waals surface area contributed by atoms with Gasteiger partial charge in [0.25, 0.3) is 0 Å². The van der Waals surface area contributed by atoms with Crippen molar-refractivity contribution in [2.45, 2.75) is 105 Å². The third kappa shape index (κ3) is 3.66. The van der Waals surface area contributed by atoms with E-state index in [9.17, 15) is 5.11 Å². The van der Waals surface area contributed by atoms with Crippen LogP contribution in [0.1, 0.15) is 99.3 Å². The molecule has 1 nitrogen and oxygen atoms in total. The summed E-state index contributed by atoms with van der Waals surface area (Å²) in [6.45, 7) is 14.8. The van der Waals surface area contributed by atoms with E-state index in [1.54, 1.807) is 5.57 Å². The number of aliphatic hydroxyl groups excluding tert-OH is 1. The van der Waals surface area contributed by atoms with Crippen molar-refractivity contribution in [2.24, 2.45) is 52.3 Å². The van der Waals surface area contributed by atoms with Crippen molar-refractivity contribution in [1.29, 1.82) is 0 Å². The highest BCUT2D eigenvalue weighted by atomic mass is 16.3. The molecule has 1 heteroatoms. The molecule has 0 radical (unpaired) electrons. The highest BCUT2D eigenvalue weighted by Gasteiger charge is 2.58. The van der Waals surface area contributed by atoms with Gasteiger partial charge < -0.3 is 5.11 Å². The fourth-order valence-electron chi connectivity index (χ4n) is 8.83. The lowest BCUT2D eigenvalue weighted by Gasteiger charge is -2.58. The summed E-state index contributed by atoms with van der Waals surface area (Å²) in [5.74, 6) is 5.70. The topological polar surface area (TPSA) is 20.2 Å². The Bertz CT molecular complexity index is 674. The molecule has 0 aromatic rings. The molecule has 4 aliphatic carbocycles. The monoisotopic (exact) mass is 412 g/mol. The molecule has 0 bridgehead atoms. The van der Waals surface area contributed by atoms with Gasteiger partial charge in [0.1, 0.15) is 0 Å². The van der Waals surface area contributed by atoms with Gasteiger partial charge in [-0.3, -0.25) is 0 Å². The molecule has 0 aromatic heterocycles. The van der Waals surface area contributed by atoms with Gasteiger partial charge in [-0.25, -0.2) is 0 Å². The van der Waals surface area contributed by atoms with Crippen molar-refractivity contribution >= 4 is 0 Å². The maximum atomic E-state index is 10.2. The van der Waals surface area contributed by atoms with Crippen LogP contribution in [0.15, 0.2) is 23.8 Å². The van der Waals surface area contributed by atoms with Crippen LogP contribution in [0.25, 0.3) is 0 Å². The van der Waals surface area contributed by atoms with Crippen LogP contribution in [-0.4, -0.2) is 11.2 Å². The van der Waals surface area contributed by atoms with Crippen molar-refractivity contribution < 1.29 is 5.11 Å². The maximum absolute atomic E-state index is 10.2. The lowest BCUT2D eigenvalue weighted by molar-refractivity contribution is -0.0540. The second-order valence-electron chi connectivity index (χ2n) is 12.4. The molecular weight excluding hydrogens is 364 g/mol. The van der Waals surface area contributed by atoms with Crippen LogP contribution in [0.2, 0.25) is 0 Å². The highest BCUT2D eigenvalue weighted by Crippen LogP contribution is 2.67. The molecule has 0 aromatic carbocycles. The Kier molecular flexibility index (Phi) is 6.35. The van der Waals surface area contributed by atoms with Crippen LogP contribution in [-0.2, 0) is 0 Å². The minimum Gasteiger partial charge on any atom is -0.393 e. The minimum absolute atomic E-state index is 0.0870. The Morgan fingerprint density at radius 3 is 2.50 bits per heavy atom. The standard InChI is InChI=1S/C29H48O/c1-7-21(19(2)3)9-8-20(4)25-12-13-26-24-11-10-22-18-23(30)14-16-28(22,5)27(24)15-17-29(25,26)6/h8-10,19-21,23-27,30H,7,11-18H2,1-6H3/b9-8+/t20-,21+,23-,24+,25+,26+,27+,28-,29+/m0/s1. The van der Waals surface area contributed by atoms with Gasteiger partial charge in [-0.05, 0) is 110 Å². The van der Waals surface area contributed by atoms with E-state index in [2.05, 4.69) is 59.8 Å². The first kappa shape index (κ1) is 22.6. The Balaban J connectivity index is 1.52. The summed E-state index contributed by atoms with van der Waals surface area (Å²) in [6.07, 6.45) is 19.1. The number of hydrogen-bond donors (Lipinski definition) is 1. The van der Waals surface area contributed by atoms with Gasteiger partial charge >= 0.3 is 0 Å². The molecule has 0 unspecified atom stereocenters. The second-order valence-corrected chi connectivity index (χ2v) is 12.4. The summed E-state index contributed by atoms with van der Waals surface area (Å²) in [5.41, 5.74) is 2.51. The molecule has 9 atom stereocenters. The third-order valence-electron chi connectivity index (χ3n) is 10.8. The molecule has 170 valence electrons. The average molecular weight is 413 g/mol. The number of fused-ring (bicyclic) bond motifs is 5. The molecule has 30 heavy (non-hydrogen) atoms. The van der Waals surface area contributed by atoms with Gasteiger partial charge in [-0.2, -0.15) is 0 Å². The maximum Gasteiger partial charge on any atom is 0.0577 e. The predicted molar refractivity (Wildman–Crippen MR) is 128 cm³/mol. The molecule has 3 saturated carbocycles. The van der Waals surface area contributed by atoms with Crippen molar-refractivity contribution in [3.8, 4) is 0 Å². The van der Waals surface area contributed by atoms with Crippen LogP contribution < -0.4 is 0 Å². The van der Waals surface area contributed by atoms with E-state index in [-0.39, 0.29) is 6.10 Å². The van der Waals surface area contributed by atoms with E-state index < -0.39 is 0 Å². The zero-order valence-corrected chi connectivity index (χ0v) is 20.7. The summed E-state index contributed by atoms with van der Waals surface area (Å²) >= 11 is 0. The van der Waals surface area contributed by atoms with Crippen LogP contribution in [0.4, 0.5) is 0 Å². The number of rotatable bonds is 5. The zero-order valence-electron chi connectivity index (χ0n) is 20.7. The number of aliphatic hydroxyl groups is 1. The first-order valence-electron chi connectivity index (χ1n) is 13.3. The molecule has 4 aliphatic rings. The Morgan fingerprint density at radius 2 is 1.80 bits per heavy atom. The van der Waals surface area contributed by atoms with E-state index >= 15 is 0 Å². The number of hydrogen-bond acceptors (Lipinski definition) is 1. The largest absolute Gasteiger partial charge is 0.393 e. The average Bonchev–Trinajstić information content (AvgIpc) is 3.06. The zero-order chi connectivity index (χ0) is 21.7. The van der Waals surface area contributed by atoms with Crippen LogP contribution in [0, 0.1) is 52.3 Å². The summed E-state index contributed by atoms with van der Waals surface area (Å²) in [7, 11) is 0. The Morgan fingerprint density at radius 1 is 1.03 bits per heavy atom. The Hall–Kier alpha value is -0.560. The molecular formula is C29H48O. The highest BCUT2D eigenvalue weighted by molar-refractivity contribution is 5.25. The fourth-order valence-corrected chi connectivity index (χ4v) is 8.83. The van der Waals surface area contributed by atoms with Gasteiger partial charge in [0.2, 0.25) is 0 Å². The van der Waals surface area contributed by atoms with Crippen LogP contribution in [0.3, 0.4) is 0 Å². The molecule has 1 N–H and O–H groups in total. The van der Waals surface area contributed by atoms with Gasteiger partial charge in [0.05, 0.1) is 6.10 Å². The van der Waals surface area contributed by atoms with E-state index in [1.165, 1.54) is 44.9 Å². The summed E-state index contributed by atoms with van der Waals surface area (Å²) in [6, 6.07) is 0. The molecule has 0 heterocycles. The number of allylic oxidation sites excluding steroid dienone is 3. The lowest BCUT2D eigenvalue weighted by Crippen LogP contribution is -2.50. The summed E-state index contributed by atoms with van der Waals surface area (Å²) in [4.78, 5) is 0.